The highest BCUT2D eigenvalue weighted by Gasteiger charge is 2.26. The number of hydrogen-bond acceptors (Lipinski definition) is 11. The van der Waals surface area contributed by atoms with Crippen LogP contribution in [0.5, 0.6) is 11.5 Å². The monoisotopic (exact) mass is 599 g/mol. The molecule has 2 aliphatic heterocycles. The van der Waals surface area contributed by atoms with Crippen molar-refractivity contribution in [2.75, 3.05) is 6.54 Å². The van der Waals surface area contributed by atoms with Crippen LogP contribution in [0.4, 0.5) is 0 Å². The van der Waals surface area contributed by atoms with Gasteiger partial charge in [-0.15, -0.1) is 0 Å². The number of phenols is 2. The molecule has 14 heteroatoms. The highest BCUT2D eigenvalue weighted by atomic mass is 16.4. The van der Waals surface area contributed by atoms with Crippen LogP contribution >= 0.6 is 0 Å². The molecule has 0 spiro atoms. The van der Waals surface area contributed by atoms with Gasteiger partial charge in [-0.1, -0.05) is 0 Å². The van der Waals surface area contributed by atoms with Gasteiger partial charge in [0, 0.05) is 65.9 Å². The fraction of sp³-hybridized carbons (Fsp3) is 0.100. The summed E-state index contributed by atoms with van der Waals surface area (Å²) in [5.41, 5.74) is 0.158. The number of aromatic hydroxyl groups is 2. The Kier molecular flexibility index (Phi) is 7.89. The highest BCUT2D eigenvalue weighted by molar-refractivity contribution is 6.14. The zero-order valence-electron chi connectivity index (χ0n) is 22.5. The fourth-order valence-electron chi connectivity index (χ4n) is 4.45. The van der Waals surface area contributed by atoms with Gasteiger partial charge in [-0.05, 0) is 35.4 Å². The molecular formula is C30H21N3O11. The minimum atomic E-state index is -0.619. The number of carbonyl (C=O) groups is 5. The third-order valence-electron chi connectivity index (χ3n) is 6.53. The van der Waals surface area contributed by atoms with E-state index in [1.165, 1.54) is 48.6 Å². The SMILES string of the molecule is O=C(CN1C(=O)C=CC1=O)NCc1cc(=O)oc2cc(O)ccc12.O=C1C=CC(=O)N1Cc1cc(=O)oc2cc(O)ccc12. The van der Waals surface area contributed by atoms with Gasteiger partial charge in [-0.2, -0.15) is 0 Å². The molecular weight excluding hydrogens is 578 g/mol. The standard InChI is InChI=1S/C16H12N2O6.C14H9NO5/c19-10-1-2-11-9(5-16(23)24-12(11)6-10)7-17-13(20)8-18-14(21)3-4-15(18)22;16-9-1-2-10-8(5-14(19)20-11(10)6-9)7-15-12(17)3-4-13(15)18/h1-6,19H,7-8H2,(H,17,20);1-6,16H,7H2. The van der Waals surface area contributed by atoms with Crippen molar-refractivity contribution >= 4 is 51.5 Å². The van der Waals surface area contributed by atoms with Crippen molar-refractivity contribution in [2.24, 2.45) is 0 Å². The lowest BCUT2D eigenvalue weighted by atomic mass is 10.1. The number of hydrogen-bond donors (Lipinski definition) is 3. The molecule has 44 heavy (non-hydrogen) atoms. The van der Waals surface area contributed by atoms with Gasteiger partial charge in [0.2, 0.25) is 5.91 Å². The quantitative estimate of drug-likeness (QED) is 0.210. The Bertz CT molecular complexity index is 2020. The Labute approximate surface area is 245 Å². The summed E-state index contributed by atoms with van der Waals surface area (Å²) in [6.07, 6.45) is 4.56. The number of nitrogens with zero attached hydrogens (tertiary/aromatic N) is 2. The molecule has 2 aromatic heterocycles. The second-order valence-electron chi connectivity index (χ2n) is 9.51. The van der Waals surface area contributed by atoms with Crippen LogP contribution in [0.15, 0.2) is 91.3 Å². The van der Waals surface area contributed by atoms with E-state index in [0.717, 1.165) is 22.0 Å². The largest absolute Gasteiger partial charge is 0.508 e. The van der Waals surface area contributed by atoms with Crippen LogP contribution in [-0.4, -0.2) is 56.1 Å². The zero-order chi connectivity index (χ0) is 31.5. The minimum Gasteiger partial charge on any atom is -0.508 e. The highest BCUT2D eigenvalue weighted by Crippen LogP contribution is 2.24. The maximum absolute atomic E-state index is 11.9. The summed E-state index contributed by atoms with van der Waals surface area (Å²) in [6, 6.07) is 11.1. The number of phenolic OH excluding ortho intramolecular Hbond substituents is 2. The average Bonchev–Trinajstić information content (AvgIpc) is 3.46. The molecule has 4 aromatic rings. The van der Waals surface area contributed by atoms with E-state index >= 15 is 0 Å². The molecule has 0 atom stereocenters. The summed E-state index contributed by atoms with van der Waals surface area (Å²) >= 11 is 0. The van der Waals surface area contributed by atoms with Gasteiger partial charge in [0.05, 0.1) is 6.54 Å². The van der Waals surface area contributed by atoms with Crippen LogP contribution in [0.3, 0.4) is 0 Å². The topological polar surface area (TPSA) is 205 Å². The maximum atomic E-state index is 11.9. The van der Waals surface area contributed by atoms with E-state index in [1.807, 2.05) is 0 Å². The van der Waals surface area contributed by atoms with E-state index < -0.39 is 47.3 Å². The summed E-state index contributed by atoms with van der Waals surface area (Å²) in [5, 5.41) is 22.5. The molecule has 14 nitrogen and oxygen atoms in total. The maximum Gasteiger partial charge on any atom is 0.336 e. The van der Waals surface area contributed by atoms with Gasteiger partial charge in [0.1, 0.15) is 29.2 Å². The lowest BCUT2D eigenvalue weighted by Gasteiger charge is -2.14. The Morgan fingerprint density at radius 3 is 1.61 bits per heavy atom. The Balaban J connectivity index is 0.000000177. The molecule has 4 heterocycles. The lowest BCUT2D eigenvalue weighted by Crippen LogP contribution is -2.40. The van der Waals surface area contributed by atoms with Crippen LogP contribution in [0, 0.1) is 0 Å². The van der Waals surface area contributed by atoms with Gasteiger partial charge in [-0.3, -0.25) is 33.8 Å². The van der Waals surface area contributed by atoms with E-state index in [1.54, 1.807) is 12.1 Å². The molecule has 0 saturated carbocycles. The number of benzene rings is 2. The summed E-state index contributed by atoms with van der Waals surface area (Å²) in [6.45, 7) is -0.405. The van der Waals surface area contributed by atoms with E-state index in [2.05, 4.69) is 5.32 Å². The zero-order valence-corrected chi connectivity index (χ0v) is 22.5. The van der Waals surface area contributed by atoms with Crippen molar-refractivity contribution in [1.82, 2.24) is 15.1 Å². The van der Waals surface area contributed by atoms with Crippen LogP contribution in [0.25, 0.3) is 21.9 Å². The fourth-order valence-corrected chi connectivity index (χ4v) is 4.45. The van der Waals surface area contributed by atoms with Gasteiger partial charge in [0.25, 0.3) is 23.6 Å². The number of imide groups is 2. The molecule has 0 aliphatic carbocycles. The predicted octanol–water partition coefficient (Wildman–Crippen LogP) is 0.963. The number of amides is 5. The molecule has 0 radical (unpaired) electrons. The van der Waals surface area contributed by atoms with Crippen molar-refractivity contribution < 1.29 is 43.0 Å². The molecule has 0 fully saturated rings. The molecule has 0 bridgehead atoms. The third-order valence-corrected chi connectivity index (χ3v) is 6.53. The molecule has 222 valence electrons. The second kappa shape index (κ2) is 11.9. The smallest absolute Gasteiger partial charge is 0.336 e. The molecule has 0 saturated heterocycles. The van der Waals surface area contributed by atoms with Crippen molar-refractivity contribution in [3.05, 3.63) is 105 Å². The van der Waals surface area contributed by atoms with E-state index in [9.17, 15) is 43.8 Å². The predicted molar refractivity (Wildman–Crippen MR) is 151 cm³/mol. The molecule has 2 aliphatic rings. The molecule has 5 amide bonds. The first-order valence-electron chi connectivity index (χ1n) is 12.8. The van der Waals surface area contributed by atoms with Crippen molar-refractivity contribution in [3.8, 4) is 11.5 Å². The minimum absolute atomic E-state index is 0.00928. The van der Waals surface area contributed by atoms with Crippen LogP contribution < -0.4 is 16.6 Å². The Morgan fingerprint density at radius 1 is 0.636 bits per heavy atom. The molecule has 6 rings (SSSR count). The van der Waals surface area contributed by atoms with Gasteiger partial charge >= 0.3 is 11.3 Å². The summed E-state index contributed by atoms with van der Waals surface area (Å²) in [5.74, 6) is -2.56. The molecule has 2 aromatic carbocycles. The number of nitrogens with one attached hydrogen (secondary N) is 1. The summed E-state index contributed by atoms with van der Waals surface area (Å²) in [7, 11) is 0. The third kappa shape index (κ3) is 6.28. The van der Waals surface area contributed by atoms with Crippen LogP contribution in [-0.2, 0) is 37.1 Å². The Hall–Kier alpha value is -6.31. The molecule has 0 unspecified atom stereocenters. The van der Waals surface area contributed by atoms with Gasteiger partial charge in [0.15, 0.2) is 0 Å². The van der Waals surface area contributed by atoms with Crippen molar-refractivity contribution in [2.45, 2.75) is 13.1 Å². The summed E-state index contributed by atoms with van der Waals surface area (Å²) < 4.78 is 9.97. The average molecular weight is 600 g/mol. The number of carbonyl (C=O) groups excluding carboxylic acids is 5. The molecule has 3 N–H and O–H groups in total. The van der Waals surface area contributed by atoms with E-state index in [4.69, 9.17) is 8.83 Å². The Morgan fingerprint density at radius 2 is 1.09 bits per heavy atom. The first-order chi connectivity index (χ1) is 21.0. The van der Waals surface area contributed by atoms with E-state index in [0.29, 0.717) is 21.9 Å². The number of fused-ring (bicyclic) bond motifs is 2. The van der Waals surface area contributed by atoms with Gasteiger partial charge in [-0.25, -0.2) is 9.59 Å². The first kappa shape index (κ1) is 29.2. The van der Waals surface area contributed by atoms with Crippen molar-refractivity contribution in [1.29, 1.82) is 0 Å². The second-order valence-corrected chi connectivity index (χ2v) is 9.51. The van der Waals surface area contributed by atoms with Gasteiger partial charge < -0.3 is 24.4 Å². The normalized spacial score (nSPS) is 14.1. The van der Waals surface area contributed by atoms with Crippen LogP contribution in [0.2, 0.25) is 0 Å². The lowest BCUT2D eigenvalue weighted by molar-refractivity contribution is -0.141. The number of rotatable bonds is 6. The first-order valence-corrected chi connectivity index (χ1v) is 12.8. The summed E-state index contributed by atoms with van der Waals surface area (Å²) in [4.78, 5) is 82.7. The van der Waals surface area contributed by atoms with E-state index in [-0.39, 0.29) is 35.8 Å². The van der Waals surface area contributed by atoms with Crippen molar-refractivity contribution in [3.63, 3.8) is 0 Å². The van der Waals surface area contributed by atoms with Crippen LogP contribution in [0.1, 0.15) is 11.1 Å².